The van der Waals surface area contributed by atoms with Crippen LogP contribution in [0, 0.1) is 6.92 Å². The number of carbonyl (C=O) groups is 1. The van der Waals surface area contributed by atoms with E-state index >= 15 is 0 Å². The van der Waals surface area contributed by atoms with Crippen molar-refractivity contribution >= 4 is 5.97 Å². The normalized spacial score (nSPS) is 10.5. The van der Waals surface area contributed by atoms with Crippen LogP contribution in [0.2, 0.25) is 0 Å². The first kappa shape index (κ1) is 11.6. The number of aryl methyl sites for hydroxylation is 1. The van der Waals surface area contributed by atoms with Gasteiger partial charge in [0.2, 0.25) is 0 Å². The molecule has 0 aliphatic heterocycles. The molecule has 1 heterocycles. The van der Waals surface area contributed by atoms with E-state index in [1.54, 1.807) is 6.92 Å². The fraction of sp³-hybridized carbons (Fsp3) is 0.400. The average molecular weight is 215 g/mol. The third kappa shape index (κ3) is 2.71. The Hall–Kier alpha value is -1.52. The van der Waals surface area contributed by atoms with Crippen LogP contribution >= 0.6 is 0 Å². The van der Waals surface area contributed by atoms with Gasteiger partial charge in [0.1, 0.15) is 5.69 Å². The lowest BCUT2D eigenvalue weighted by Gasteiger charge is -2.06. The molecular formula is C10H11F2NO2. The summed E-state index contributed by atoms with van der Waals surface area (Å²) in [5.74, 6) is -0.596. The Bertz CT molecular complexity index is 366. The zero-order valence-electron chi connectivity index (χ0n) is 8.46. The van der Waals surface area contributed by atoms with Gasteiger partial charge in [-0.05, 0) is 26.0 Å². The van der Waals surface area contributed by atoms with Crippen LogP contribution in [0.15, 0.2) is 12.1 Å². The van der Waals surface area contributed by atoms with Gasteiger partial charge in [-0.2, -0.15) is 0 Å². The molecule has 0 aromatic carbocycles. The summed E-state index contributed by atoms with van der Waals surface area (Å²) in [6.45, 7) is 3.33. The monoisotopic (exact) mass is 215 g/mol. The molecule has 0 atom stereocenters. The first-order valence-electron chi connectivity index (χ1n) is 4.49. The van der Waals surface area contributed by atoms with Crippen LogP contribution in [0.4, 0.5) is 8.78 Å². The van der Waals surface area contributed by atoms with Crippen molar-refractivity contribution in [2.45, 2.75) is 20.3 Å². The maximum atomic E-state index is 12.4. The van der Waals surface area contributed by atoms with E-state index in [0.717, 1.165) is 0 Å². The molecule has 0 unspecified atom stereocenters. The number of nitrogens with zero attached hydrogens (tertiary/aromatic N) is 1. The highest BCUT2D eigenvalue weighted by atomic mass is 19.3. The van der Waals surface area contributed by atoms with E-state index in [1.165, 1.54) is 19.1 Å². The molecule has 0 spiro atoms. The Morgan fingerprint density at radius 2 is 2.20 bits per heavy atom. The lowest BCUT2D eigenvalue weighted by Crippen LogP contribution is -2.08. The highest BCUT2D eigenvalue weighted by molar-refractivity contribution is 5.87. The van der Waals surface area contributed by atoms with Gasteiger partial charge < -0.3 is 4.74 Å². The van der Waals surface area contributed by atoms with Crippen LogP contribution in [0.1, 0.15) is 35.1 Å². The molecule has 0 saturated heterocycles. The van der Waals surface area contributed by atoms with Crippen LogP contribution in [0.3, 0.4) is 0 Å². The average Bonchev–Trinajstić information content (AvgIpc) is 2.17. The highest BCUT2D eigenvalue weighted by Crippen LogP contribution is 2.21. The second kappa shape index (κ2) is 4.82. The lowest BCUT2D eigenvalue weighted by atomic mass is 10.2. The lowest BCUT2D eigenvalue weighted by molar-refractivity contribution is 0.0518. The topological polar surface area (TPSA) is 39.2 Å². The van der Waals surface area contributed by atoms with Gasteiger partial charge in [0.25, 0.3) is 6.43 Å². The molecule has 0 bridgehead atoms. The number of carbonyl (C=O) groups excluding carboxylic acids is 1. The Labute approximate surface area is 86.1 Å². The fourth-order valence-corrected chi connectivity index (χ4v) is 1.12. The summed E-state index contributed by atoms with van der Waals surface area (Å²) in [6, 6.07) is 2.44. The molecule has 0 aliphatic rings. The summed E-state index contributed by atoms with van der Waals surface area (Å²) in [6.07, 6.45) is -2.58. The molecule has 1 aromatic rings. The third-order valence-electron chi connectivity index (χ3n) is 1.85. The first-order chi connectivity index (χ1) is 7.06. The van der Waals surface area contributed by atoms with Crippen LogP contribution < -0.4 is 0 Å². The predicted octanol–water partition coefficient (Wildman–Crippen LogP) is 2.50. The van der Waals surface area contributed by atoms with Gasteiger partial charge in [-0.1, -0.05) is 0 Å². The minimum absolute atomic E-state index is 0.0544. The van der Waals surface area contributed by atoms with Gasteiger partial charge in [0.15, 0.2) is 0 Å². The summed E-state index contributed by atoms with van der Waals surface area (Å²) in [5.41, 5.74) is 0.0392. The number of hydrogen-bond acceptors (Lipinski definition) is 3. The summed E-state index contributed by atoms with van der Waals surface area (Å²) >= 11 is 0. The number of halogens is 2. The molecule has 1 aromatic heterocycles. The molecule has 0 radical (unpaired) electrons. The van der Waals surface area contributed by atoms with Crippen molar-refractivity contribution in [1.29, 1.82) is 0 Å². The maximum absolute atomic E-state index is 12.4. The summed E-state index contributed by atoms with van der Waals surface area (Å²) < 4.78 is 29.4. The fourth-order valence-electron chi connectivity index (χ4n) is 1.12. The molecule has 1 rings (SSSR count). The second-order valence-corrected chi connectivity index (χ2v) is 2.89. The number of ether oxygens (including phenoxy) is 1. The van der Waals surface area contributed by atoms with Crippen molar-refractivity contribution in [2.24, 2.45) is 0 Å². The van der Waals surface area contributed by atoms with Gasteiger partial charge in [-0.25, -0.2) is 18.6 Å². The van der Waals surface area contributed by atoms with Crippen molar-refractivity contribution in [3.63, 3.8) is 0 Å². The van der Waals surface area contributed by atoms with Crippen LogP contribution in [0.5, 0.6) is 0 Å². The van der Waals surface area contributed by atoms with E-state index in [0.29, 0.717) is 0 Å². The number of pyridine rings is 1. The number of hydrogen-bond donors (Lipinski definition) is 0. The van der Waals surface area contributed by atoms with E-state index < -0.39 is 12.4 Å². The Morgan fingerprint density at radius 1 is 1.53 bits per heavy atom. The zero-order chi connectivity index (χ0) is 11.4. The largest absolute Gasteiger partial charge is 0.461 e. The summed E-state index contributed by atoms with van der Waals surface area (Å²) in [4.78, 5) is 15.0. The number of aromatic nitrogens is 1. The molecule has 0 N–H and O–H groups in total. The van der Waals surface area contributed by atoms with Crippen LogP contribution in [0.25, 0.3) is 0 Å². The van der Waals surface area contributed by atoms with Gasteiger partial charge in [0, 0.05) is 11.3 Å². The Morgan fingerprint density at radius 3 is 2.67 bits per heavy atom. The van der Waals surface area contributed by atoms with Crippen molar-refractivity contribution in [2.75, 3.05) is 6.61 Å². The van der Waals surface area contributed by atoms with Gasteiger partial charge in [-0.15, -0.1) is 0 Å². The Kier molecular flexibility index (Phi) is 3.71. The SMILES string of the molecule is CCOC(=O)c1ccc(C(F)F)c(C)n1. The maximum Gasteiger partial charge on any atom is 0.356 e. The molecule has 0 fully saturated rings. The smallest absolute Gasteiger partial charge is 0.356 e. The highest BCUT2D eigenvalue weighted by Gasteiger charge is 2.15. The van der Waals surface area contributed by atoms with Crippen LogP contribution in [-0.4, -0.2) is 17.6 Å². The molecule has 0 aliphatic carbocycles. The van der Waals surface area contributed by atoms with Crippen molar-refractivity contribution in [3.8, 4) is 0 Å². The number of rotatable bonds is 3. The van der Waals surface area contributed by atoms with E-state index in [-0.39, 0.29) is 23.6 Å². The van der Waals surface area contributed by atoms with E-state index in [9.17, 15) is 13.6 Å². The molecule has 0 amide bonds. The molecule has 5 heteroatoms. The molecule has 15 heavy (non-hydrogen) atoms. The summed E-state index contributed by atoms with van der Waals surface area (Å²) in [7, 11) is 0. The number of esters is 1. The van der Waals surface area contributed by atoms with E-state index in [1.807, 2.05) is 0 Å². The molecule has 3 nitrogen and oxygen atoms in total. The second-order valence-electron chi connectivity index (χ2n) is 2.89. The van der Waals surface area contributed by atoms with Gasteiger partial charge >= 0.3 is 5.97 Å². The van der Waals surface area contributed by atoms with E-state index in [4.69, 9.17) is 4.74 Å². The standard InChI is InChI=1S/C10H11F2NO2/c1-3-15-10(14)8-5-4-7(9(11)12)6(2)13-8/h4-5,9H,3H2,1-2H3. The minimum Gasteiger partial charge on any atom is -0.461 e. The third-order valence-corrected chi connectivity index (χ3v) is 1.85. The first-order valence-corrected chi connectivity index (χ1v) is 4.49. The van der Waals surface area contributed by atoms with Gasteiger partial charge in [-0.3, -0.25) is 0 Å². The molecule has 0 saturated carbocycles. The van der Waals surface area contributed by atoms with E-state index in [2.05, 4.69) is 4.98 Å². The Balaban J connectivity index is 2.96. The quantitative estimate of drug-likeness (QED) is 0.727. The summed E-state index contributed by atoms with van der Waals surface area (Å²) in [5, 5.41) is 0. The van der Waals surface area contributed by atoms with Crippen molar-refractivity contribution in [1.82, 2.24) is 4.98 Å². The minimum atomic E-state index is -2.58. The predicted molar refractivity (Wildman–Crippen MR) is 49.9 cm³/mol. The molecule has 82 valence electrons. The van der Waals surface area contributed by atoms with Crippen molar-refractivity contribution < 1.29 is 18.3 Å². The van der Waals surface area contributed by atoms with Crippen LogP contribution in [-0.2, 0) is 4.74 Å². The van der Waals surface area contributed by atoms with Gasteiger partial charge in [0.05, 0.1) is 6.61 Å². The number of alkyl halides is 2. The van der Waals surface area contributed by atoms with Crippen molar-refractivity contribution in [3.05, 3.63) is 29.1 Å². The zero-order valence-corrected chi connectivity index (χ0v) is 8.46. The molecular weight excluding hydrogens is 204 g/mol.